The van der Waals surface area contributed by atoms with Gasteiger partial charge in [0, 0.05) is 17.3 Å². The Morgan fingerprint density at radius 1 is 1.09 bits per heavy atom. The zero-order chi connectivity index (χ0) is 16.4. The number of carbonyl (C=O) groups excluding carboxylic acids is 1. The van der Waals surface area contributed by atoms with Crippen LogP contribution in [0.2, 0.25) is 5.02 Å². The number of rotatable bonds is 2. The highest BCUT2D eigenvalue weighted by Crippen LogP contribution is 2.29. The van der Waals surface area contributed by atoms with Crippen LogP contribution < -0.4 is 11.5 Å². The van der Waals surface area contributed by atoms with Crippen LogP contribution in [0, 0.1) is 0 Å². The van der Waals surface area contributed by atoms with Crippen molar-refractivity contribution in [3.05, 3.63) is 65.3 Å². The number of pyridine rings is 1. The summed E-state index contributed by atoms with van der Waals surface area (Å²) in [6.07, 6.45) is 1.59. The largest absolute Gasteiger partial charge is 0.370 e. The number of nitrogens with zero attached hydrogens (tertiary/aromatic N) is 2. The van der Waals surface area contributed by atoms with Gasteiger partial charge in [0.25, 0.3) is 5.91 Å². The molecule has 1 amide bonds. The van der Waals surface area contributed by atoms with Gasteiger partial charge in [0.05, 0.1) is 10.7 Å². The van der Waals surface area contributed by atoms with Crippen molar-refractivity contribution in [1.82, 2.24) is 4.98 Å². The molecule has 0 saturated heterocycles. The second-order valence-corrected chi connectivity index (χ2v) is 5.38. The summed E-state index contributed by atoms with van der Waals surface area (Å²) in [5, 5.41) is 2.44. The van der Waals surface area contributed by atoms with Gasteiger partial charge in [-0.15, -0.1) is 0 Å². The molecule has 1 heterocycles. The van der Waals surface area contributed by atoms with Gasteiger partial charge in [-0.05, 0) is 35.0 Å². The molecular weight excluding hydrogens is 312 g/mol. The van der Waals surface area contributed by atoms with Crippen LogP contribution in [0.1, 0.15) is 10.4 Å². The van der Waals surface area contributed by atoms with Crippen LogP contribution in [0.3, 0.4) is 0 Å². The molecule has 5 nitrogen and oxygen atoms in total. The van der Waals surface area contributed by atoms with Crippen LogP contribution in [0.15, 0.2) is 59.7 Å². The van der Waals surface area contributed by atoms with Gasteiger partial charge in [-0.2, -0.15) is 4.99 Å². The predicted octanol–water partition coefficient (Wildman–Crippen LogP) is 2.97. The van der Waals surface area contributed by atoms with E-state index < -0.39 is 5.91 Å². The normalized spacial score (nSPS) is 10.5. The number of benzene rings is 2. The molecule has 0 saturated carbocycles. The zero-order valence-corrected chi connectivity index (χ0v) is 12.8. The lowest BCUT2D eigenvalue weighted by Gasteiger charge is -2.07. The SMILES string of the molecule is NC(N)=NC(=O)c1ccc2cccc(-c3ccc(Cl)cn3)c2c1. The fourth-order valence-corrected chi connectivity index (χ4v) is 2.46. The summed E-state index contributed by atoms with van der Waals surface area (Å²) in [6.45, 7) is 0. The summed E-state index contributed by atoms with van der Waals surface area (Å²) in [5.41, 5.74) is 12.6. The van der Waals surface area contributed by atoms with Crippen molar-refractivity contribution in [1.29, 1.82) is 0 Å². The Balaban J connectivity index is 2.17. The first-order valence-corrected chi connectivity index (χ1v) is 7.21. The molecule has 0 aliphatic carbocycles. The minimum atomic E-state index is -0.481. The topological polar surface area (TPSA) is 94.4 Å². The molecule has 0 aliphatic rings. The second kappa shape index (κ2) is 6.06. The van der Waals surface area contributed by atoms with Crippen molar-refractivity contribution in [2.45, 2.75) is 0 Å². The molecule has 0 atom stereocenters. The van der Waals surface area contributed by atoms with Gasteiger partial charge in [-0.1, -0.05) is 35.9 Å². The fourth-order valence-electron chi connectivity index (χ4n) is 2.35. The van der Waals surface area contributed by atoms with E-state index in [4.69, 9.17) is 23.1 Å². The first-order chi connectivity index (χ1) is 11.0. The molecule has 0 spiro atoms. The summed E-state index contributed by atoms with van der Waals surface area (Å²) < 4.78 is 0. The minimum absolute atomic E-state index is 0.261. The van der Waals surface area contributed by atoms with E-state index in [2.05, 4.69) is 9.98 Å². The molecule has 0 unspecified atom stereocenters. The van der Waals surface area contributed by atoms with E-state index in [1.54, 1.807) is 24.4 Å². The Kier molecular flexibility index (Phi) is 3.95. The molecule has 6 heteroatoms. The predicted molar refractivity (Wildman–Crippen MR) is 92.3 cm³/mol. The monoisotopic (exact) mass is 324 g/mol. The lowest BCUT2D eigenvalue weighted by atomic mass is 9.99. The van der Waals surface area contributed by atoms with Crippen molar-refractivity contribution in [2.75, 3.05) is 0 Å². The van der Waals surface area contributed by atoms with Crippen LogP contribution in [0.5, 0.6) is 0 Å². The number of hydrogen-bond acceptors (Lipinski definition) is 2. The minimum Gasteiger partial charge on any atom is -0.370 e. The molecule has 3 rings (SSSR count). The number of halogens is 1. The van der Waals surface area contributed by atoms with Crippen molar-refractivity contribution in [2.24, 2.45) is 16.5 Å². The van der Waals surface area contributed by atoms with Crippen LogP contribution in [0.25, 0.3) is 22.0 Å². The number of guanidine groups is 1. The fraction of sp³-hybridized carbons (Fsp3) is 0. The number of aliphatic imine (C=N–C) groups is 1. The maximum Gasteiger partial charge on any atom is 0.280 e. The molecule has 0 fully saturated rings. The summed E-state index contributed by atoms with van der Waals surface area (Å²) in [7, 11) is 0. The Morgan fingerprint density at radius 3 is 2.61 bits per heavy atom. The van der Waals surface area contributed by atoms with E-state index in [1.807, 2.05) is 30.3 Å². The first-order valence-electron chi connectivity index (χ1n) is 6.83. The van der Waals surface area contributed by atoms with E-state index >= 15 is 0 Å². The van der Waals surface area contributed by atoms with E-state index in [0.29, 0.717) is 10.6 Å². The molecule has 114 valence electrons. The van der Waals surface area contributed by atoms with Crippen molar-refractivity contribution < 1.29 is 4.79 Å². The molecule has 0 bridgehead atoms. The van der Waals surface area contributed by atoms with E-state index in [0.717, 1.165) is 22.0 Å². The van der Waals surface area contributed by atoms with Crippen molar-refractivity contribution >= 4 is 34.2 Å². The Bertz CT molecular complexity index is 916. The van der Waals surface area contributed by atoms with Crippen LogP contribution in [-0.4, -0.2) is 16.9 Å². The van der Waals surface area contributed by atoms with Crippen molar-refractivity contribution in [3.63, 3.8) is 0 Å². The number of aromatic nitrogens is 1. The van der Waals surface area contributed by atoms with Crippen LogP contribution >= 0.6 is 11.6 Å². The van der Waals surface area contributed by atoms with Gasteiger partial charge < -0.3 is 11.5 Å². The molecular formula is C17H13ClN4O. The first kappa shape index (κ1) is 15.0. The third-order valence-corrected chi connectivity index (χ3v) is 3.59. The highest BCUT2D eigenvalue weighted by atomic mass is 35.5. The Hall–Kier alpha value is -2.92. The zero-order valence-electron chi connectivity index (χ0n) is 12.0. The molecule has 2 aromatic carbocycles. The molecule has 3 aromatic rings. The second-order valence-electron chi connectivity index (χ2n) is 4.94. The lowest BCUT2D eigenvalue weighted by molar-refractivity contribution is 0.100. The summed E-state index contributed by atoms with van der Waals surface area (Å²) in [4.78, 5) is 19.9. The molecule has 0 radical (unpaired) electrons. The lowest BCUT2D eigenvalue weighted by Crippen LogP contribution is -2.24. The van der Waals surface area contributed by atoms with E-state index in [9.17, 15) is 4.79 Å². The van der Waals surface area contributed by atoms with E-state index in [-0.39, 0.29) is 5.96 Å². The number of hydrogen-bond donors (Lipinski definition) is 2. The smallest absolute Gasteiger partial charge is 0.280 e. The van der Waals surface area contributed by atoms with Crippen molar-refractivity contribution in [3.8, 4) is 11.3 Å². The van der Waals surface area contributed by atoms with Gasteiger partial charge in [0.1, 0.15) is 0 Å². The van der Waals surface area contributed by atoms with Crippen LogP contribution in [-0.2, 0) is 0 Å². The summed E-state index contributed by atoms with van der Waals surface area (Å²) in [6, 6.07) is 14.7. The maximum absolute atomic E-state index is 12.0. The average Bonchev–Trinajstić information content (AvgIpc) is 2.54. The highest BCUT2D eigenvalue weighted by molar-refractivity contribution is 6.30. The maximum atomic E-state index is 12.0. The molecule has 0 aliphatic heterocycles. The number of fused-ring (bicyclic) bond motifs is 1. The van der Waals surface area contributed by atoms with Gasteiger partial charge in [-0.3, -0.25) is 9.78 Å². The Morgan fingerprint density at radius 2 is 1.91 bits per heavy atom. The molecule has 4 N–H and O–H groups in total. The standard InChI is InChI=1S/C17H13ClN4O/c18-12-6-7-15(21-9-12)13-3-1-2-10-4-5-11(8-14(10)13)16(23)22-17(19)20/h1-9H,(H4,19,20,22,23). The summed E-state index contributed by atoms with van der Waals surface area (Å²) >= 11 is 5.89. The van der Waals surface area contributed by atoms with Gasteiger partial charge in [0.15, 0.2) is 5.96 Å². The number of carbonyl (C=O) groups is 1. The third-order valence-electron chi connectivity index (χ3n) is 3.36. The molecule has 23 heavy (non-hydrogen) atoms. The quantitative estimate of drug-likeness (QED) is 0.559. The Labute approximate surface area is 137 Å². The van der Waals surface area contributed by atoms with Gasteiger partial charge in [0.2, 0.25) is 0 Å². The average molecular weight is 325 g/mol. The molecule has 1 aromatic heterocycles. The van der Waals surface area contributed by atoms with Gasteiger partial charge in [-0.25, -0.2) is 0 Å². The number of amides is 1. The third kappa shape index (κ3) is 3.14. The van der Waals surface area contributed by atoms with Gasteiger partial charge >= 0.3 is 0 Å². The highest BCUT2D eigenvalue weighted by Gasteiger charge is 2.10. The van der Waals surface area contributed by atoms with Crippen LogP contribution in [0.4, 0.5) is 0 Å². The number of nitrogens with two attached hydrogens (primary N) is 2. The summed E-state index contributed by atoms with van der Waals surface area (Å²) in [5.74, 6) is -0.742. The van der Waals surface area contributed by atoms with E-state index in [1.165, 1.54) is 0 Å².